The topological polar surface area (TPSA) is 31.5 Å². The van der Waals surface area contributed by atoms with Gasteiger partial charge in [0.2, 0.25) is 0 Å². The molecule has 0 amide bonds. The molecule has 0 aliphatic carbocycles. The van der Waals surface area contributed by atoms with Crippen LogP contribution in [0.1, 0.15) is 0 Å². The smallest absolute Gasteiger partial charge is 0 e. The van der Waals surface area contributed by atoms with E-state index < -0.39 is 15.8 Å². The fourth-order valence-electron chi connectivity index (χ4n) is 4.36. The van der Waals surface area contributed by atoms with Crippen molar-refractivity contribution in [2.75, 3.05) is 0 Å². The van der Waals surface area contributed by atoms with Crippen molar-refractivity contribution in [3.05, 3.63) is 182 Å². The summed E-state index contributed by atoms with van der Waals surface area (Å²) < 4.78 is 0. The molecule has 1 nitrogen and oxygen atoms in total. The molecule has 0 unspecified atom stereocenters. The molecule has 0 bridgehead atoms. The Balaban J connectivity index is 0.000000735. The molecule has 0 atom stereocenters. The van der Waals surface area contributed by atoms with E-state index >= 15 is 0 Å². The molecule has 0 saturated carbocycles. The zero-order chi connectivity index (χ0) is 25.8. The van der Waals surface area contributed by atoms with Gasteiger partial charge in [0.15, 0.2) is 0 Å². The van der Waals surface area contributed by atoms with Crippen LogP contribution in [0.3, 0.4) is 0 Å². The number of benzene rings is 6. The molecular formula is C36H32Cl3OP2Re-3. The molecule has 0 saturated heterocycles. The maximum absolute atomic E-state index is 2.23. The Morgan fingerprint density at radius 1 is 0.233 bits per heavy atom. The molecule has 0 spiro atoms. The second-order valence-electron chi connectivity index (χ2n) is 8.68. The number of rotatable bonds is 6. The first-order chi connectivity index (χ1) is 18.9. The van der Waals surface area contributed by atoms with Gasteiger partial charge in [-0.2, -0.15) is 0 Å². The zero-order valence-electron chi connectivity index (χ0n) is 23.2. The number of hydrogen-bond donors (Lipinski definition) is 0. The summed E-state index contributed by atoms with van der Waals surface area (Å²) in [5, 5.41) is 8.39. The van der Waals surface area contributed by atoms with Crippen molar-refractivity contribution >= 4 is 47.7 Å². The number of hydrogen-bond acceptors (Lipinski definition) is 0. The van der Waals surface area contributed by atoms with E-state index in [1.165, 1.54) is 31.8 Å². The summed E-state index contributed by atoms with van der Waals surface area (Å²) in [4.78, 5) is 0. The molecule has 2 N–H and O–H groups in total. The van der Waals surface area contributed by atoms with Gasteiger partial charge in [0.05, 0.1) is 0 Å². The van der Waals surface area contributed by atoms with Gasteiger partial charge in [-0.3, -0.25) is 0 Å². The van der Waals surface area contributed by atoms with Crippen LogP contribution in [0.2, 0.25) is 0 Å². The van der Waals surface area contributed by atoms with Crippen molar-refractivity contribution in [3.63, 3.8) is 0 Å². The average Bonchev–Trinajstić information content (AvgIpc) is 3.01. The fourth-order valence-corrected chi connectivity index (χ4v) is 8.97. The molecule has 0 aliphatic heterocycles. The molecule has 1 radical (unpaired) electrons. The Kier molecular flexibility index (Phi) is 21.0. The molecule has 7 heteroatoms. The fraction of sp³-hybridized carbons (Fsp3) is 0. The molecule has 0 aromatic heterocycles. The Hall–Kier alpha value is -2.33. The van der Waals surface area contributed by atoms with Crippen molar-refractivity contribution in [1.82, 2.24) is 0 Å². The van der Waals surface area contributed by atoms with E-state index in [0.29, 0.717) is 0 Å². The minimum atomic E-state index is -0.446. The van der Waals surface area contributed by atoms with Crippen LogP contribution >= 0.6 is 15.8 Å². The van der Waals surface area contributed by atoms with E-state index in [1.807, 2.05) is 0 Å². The third-order valence-electron chi connectivity index (χ3n) is 6.09. The van der Waals surface area contributed by atoms with Crippen LogP contribution in [-0.4, -0.2) is 5.48 Å². The van der Waals surface area contributed by atoms with E-state index in [1.54, 1.807) is 0 Å². The Labute approximate surface area is 290 Å². The summed E-state index contributed by atoms with van der Waals surface area (Å²) in [7, 11) is -0.892. The van der Waals surface area contributed by atoms with Gasteiger partial charge < -0.3 is 42.7 Å². The second kappa shape index (κ2) is 22.2. The summed E-state index contributed by atoms with van der Waals surface area (Å²) in [5.74, 6) is 0. The van der Waals surface area contributed by atoms with Crippen LogP contribution in [0.4, 0.5) is 0 Å². The molecular weight excluding hydrogens is 803 g/mol. The molecule has 223 valence electrons. The Morgan fingerprint density at radius 3 is 0.465 bits per heavy atom. The summed E-state index contributed by atoms with van der Waals surface area (Å²) in [6, 6.07) is 64.7. The maximum atomic E-state index is 2.23. The van der Waals surface area contributed by atoms with Crippen molar-refractivity contribution in [3.8, 4) is 0 Å². The summed E-state index contributed by atoms with van der Waals surface area (Å²) in [6.07, 6.45) is 0. The summed E-state index contributed by atoms with van der Waals surface area (Å²) in [6.45, 7) is 0. The van der Waals surface area contributed by atoms with Gasteiger partial charge in [-0.1, -0.05) is 182 Å². The van der Waals surface area contributed by atoms with Crippen LogP contribution in [0, 0.1) is 0 Å². The van der Waals surface area contributed by atoms with Gasteiger partial charge in [0.1, 0.15) is 0 Å². The molecule has 6 aromatic rings. The summed E-state index contributed by atoms with van der Waals surface area (Å²) in [5.41, 5.74) is 0. The predicted octanol–water partition coefficient (Wildman–Crippen LogP) is -2.93. The maximum Gasteiger partial charge on any atom is 0 e. The number of halogens is 3. The van der Waals surface area contributed by atoms with E-state index in [0.717, 1.165) is 0 Å². The summed E-state index contributed by atoms with van der Waals surface area (Å²) >= 11 is 0. The third-order valence-corrected chi connectivity index (χ3v) is 11.0. The average molecular weight is 835 g/mol. The Bertz CT molecular complexity index is 1200. The van der Waals surface area contributed by atoms with Gasteiger partial charge in [-0.05, 0) is 47.7 Å². The molecule has 43 heavy (non-hydrogen) atoms. The van der Waals surface area contributed by atoms with Crippen LogP contribution < -0.4 is 69.0 Å². The van der Waals surface area contributed by atoms with Crippen molar-refractivity contribution in [2.45, 2.75) is 0 Å². The zero-order valence-corrected chi connectivity index (χ0v) is 30.0. The van der Waals surface area contributed by atoms with Gasteiger partial charge in [-0.15, -0.1) is 0 Å². The van der Waals surface area contributed by atoms with Crippen LogP contribution in [0.5, 0.6) is 0 Å². The van der Waals surface area contributed by atoms with Crippen LogP contribution in [-0.2, 0) is 20.4 Å². The van der Waals surface area contributed by atoms with E-state index in [-0.39, 0.29) is 63.1 Å². The molecule has 6 aromatic carbocycles. The second-order valence-corrected chi connectivity index (χ2v) is 13.1. The normalized spacial score (nSPS) is 9.35. The Morgan fingerprint density at radius 2 is 0.349 bits per heavy atom. The molecule has 0 heterocycles. The first kappa shape index (κ1) is 40.7. The van der Waals surface area contributed by atoms with E-state index in [9.17, 15) is 0 Å². The first-order valence-corrected chi connectivity index (χ1v) is 15.5. The van der Waals surface area contributed by atoms with Gasteiger partial charge >= 0.3 is 0 Å². The minimum Gasteiger partial charge on any atom is -1.00 e. The molecule has 0 aliphatic rings. The van der Waals surface area contributed by atoms with E-state index in [4.69, 9.17) is 0 Å². The third kappa shape index (κ3) is 11.6. The van der Waals surface area contributed by atoms with E-state index in [2.05, 4.69) is 182 Å². The van der Waals surface area contributed by atoms with Crippen molar-refractivity contribution < 1.29 is 63.1 Å². The van der Waals surface area contributed by atoms with Gasteiger partial charge in [0, 0.05) is 20.4 Å². The van der Waals surface area contributed by atoms with Crippen LogP contribution in [0.25, 0.3) is 0 Å². The van der Waals surface area contributed by atoms with Crippen molar-refractivity contribution in [2.24, 2.45) is 0 Å². The molecule has 6 rings (SSSR count). The van der Waals surface area contributed by atoms with Crippen molar-refractivity contribution in [1.29, 1.82) is 0 Å². The standard InChI is InChI=1S/2C18H15P.3ClH.H2O.Re/c2*1-4-10-16(11-5-1)19(17-12-6-2-7-13-17)18-14-8-3-9-15-18;;;;;/h2*1-15H;3*1H;1H2;/p-3. The van der Waals surface area contributed by atoms with Crippen LogP contribution in [0.15, 0.2) is 182 Å². The monoisotopic (exact) mass is 834 g/mol. The minimum absolute atomic E-state index is 0. The first-order valence-electron chi connectivity index (χ1n) is 12.8. The largest absolute Gasteiger partial charge is 1.00 e. The quantitative estimate of drug-likeness (QED) is 0.162. The SMILES string of the molecule is O.[Cl-].[Cl-].[Cl-].[Re].c1ccc(P(c2ccccc2)c2ccccc2)cc1.c1ccc(P(c2ccccc2)c2ccccc2)cc1. The molecule has 0 fully saturated rings. The van der Waals surface area contributed by atoms with Gasteiger partial charge in [-0.25, -0.2) is 0 Å². The predicted molar refractivity (Wildman–Crippen MR) is 174 cm³/mol. The van der Waals surface area contributed by atoms with Gasteiger partial charge in [0.25, 0.3) is 0 Å².